The lowest BCUT2D eigenvalue weighted by atomic mass is 9.96. The Balaban J connectivity index is 0.00000192. The van der Waals surface area contributed by atoms with Crippen LogP contribution in [0.5, 0.6) is 0 Å². The Morgan fingerprint density at radius 2 is 1.83 bits per heavy atom. The summed E-state index contributed by atoms with van der Waals surface area (Å²) in [6, 6.07) is 5.60. The van der Waals surface area contributed by atoms with Crippen LogP contribution in [-0.2, 0) is 4.79 Å². The van der Waals surface area contributed by atoms with Crippen molar-refractivity contribution in [3.63, 3.8) is 0 Å². The number of amides is 1. The summed E-state index contributed by atoms with van der Waals surface area (Å²) in [4.78, 5) is 14.7. The van der Waals surface area contributed by atoms with E-state index >= 15 is 0 Å². The van der Waals surface area contributed by atoms with Crippen molar-refractivity contribution in [3.8, 4) is 0 Å². The van der Waals surface area contributed by atoms with Crippen molar-refractivity contribution in [2.24, 2.45) is 11.8 Å². The van der Waals surface area contributed by atoms with Gasteiger partial charge < -0.3 is 10.2 Å². The van der Waals surface area contributed by atoms with Gasteiger partial charge in [0.1, 0.15) is 0 Å². The molecule has 2 atom stereocenters. The van der Waals surface area contributed by atoms with E-state index in [2.05, 4.69) is 5.32 Å². The standard InChI is InChI=1S/C17H22Cl2N2O.ClH/c1-20-10-11-2-4-21(5-3-11)17(22)16-9-15(16)12-6-13(18)8-14(19)7-12;/h6-8,11,15-16,20H,2-5,9-10H2,1H3;1H. The van der Waals surface area contributed by atoms with Gasteiger partial charge in [0, 0.05) is 29.1 Å². The van der Waals surface area contributed by atoms with E-state index in [1.165, 1.54) is 0 Å². The second-order valence-electron chi connectivity index (χ2n) is 6.48. The molecule has 0 radical (unpaired) electrons. The number of hydrogen-bond donors (Lipinski definition) is 1. The largest absolute Gasteiger partial charge is 0.342 e. The molecule has 1 saturated carbocycles. The summed E-state index contributed by atoms with van der Waals surface area (Å²) in [7, 11) is 1.99. The van der Waals surface area contributed by atoms with Crippen molar-refractivity contribution in [1.29, 1.82) is 0 Å². The minimum absolute atomic E-state index is 0. The predicted molar refractivity (Wildman–Crippen MR) is 97.8 cm³/mol. The van der Waals surface area contributed by atoms with Crippen LogP contribution in [0.1, 0.15) is 30.7 Å². The molecule has 2 aliphatic rings. The van der Waals surface area contributed by atoms with Crippen LogP contribution in [-0.4, -0.2) is 37.5 Å². The molecule has 1 aliphatic heterocycles. The molecule has 0 bridgehead atoms. The van der Waals surface area contributed by atoms with Crippen molar-refractivity contribution in [3.05, 3.63) is 33.8 Å². The number of nitrogens with one attached hydrogen (secondary N) is 1. The summed E-state index contributed by atoms with van der Waals surface area (Å²) in [5.41, 5.74) is 1.10. The van der Waals surface area contributed by atoms with Crippen LogP contribution in [0.3, 0.4) is 0 Å². The Labute approximate surface area is 154 Å². The average Bonchev–Trinajstić information content (AvgIpc) is 3.27. The average molecular weight is 378 g/mol. The summed E-state index contributed by atoms with van der Waals surface area (Å²) in [6.07, 6.45) is 3.13. The Morgan fingerprint density at radius 3 is 2.39 bits per heavy atom. The maximum Gasteiger partial charge on any atom is 0.226 e. The highest BCUT2D eigenvalue weighted by molar-refractivity contribution is 6.34. The molecule has 2 unspecified atom stereocenters. The third-order valence-corrected chi connectivity index (χ3v) is 5.28. The molecule has 6 heteroatoms. The molecule has 1 N–H and O–H groups in total. The molecule has 1 aliphatic carbocycles. The van der Waals surface area contributed by atoms with E-state index in [0.717, 1.165) is 44.5 Å². The lowest BCUT2D eigenvalue weighted by molar-refractivity contribution is -0.134. The molecular weight excluding hydrogens is 355 g/mol. The van der Waals surface area contributed by atoms with Crippen molar-refractivity contribution in [2.75, 3.05) is 26.7 Å². The Morgan fingerprint density at radius 1 is 1.22 bits per heavy atom. The highest BCUT2D eigenvalue weighted by Crippen LogP contribution is 2.49. The topological polar surface area (TPSA) is 32.3 Å². The number of hydrogen-bond acceptors (Lipinski definition) is 2. The fourth-order valence-electron chi connectivity index (χ4n) is 3.51. The van der Waals surface area contributed by atoms with Gasteiger partial charge in [-0.2, -0.15) is 0 Å². The Hall–Kier alpha value is -0.480. The van der Waals surface area contributed by atoms with Crippen LogP contribution in [0.25, 0.3) is 0 Å². The zero-order valence-electron chi connectivity index (χ0n) is 13.2. The molecule has 3 rings (SSSR count). The fourth-order valence-corrected chi connectivity index (χ4v) is 4.05. The zero-order chi connectivity index (χ0) is 15.7. The first-order valence-electron chi connectivity index (χ1n) is 7.98. The Bertz CT molecular complexity index is 539. The van der Waals surface area contributed by atoms with Crippen LogP contribution in [0.4, 0.5) is 0 Å². The molecule has 0 aromatic heterocycles. The van der Waals surface area contributed by atoms with Gasteiger partial charge in [-0.05, 0) is 68.5 Å². The molecule has 3 nitrogen and oxygen atoms in total. The predicted octanol–water partition coefficient (Wildman–Crippen LogP) is 3.98. The van der Waals surface area contributed by atoms with Gasteiger partial charge in [0.15, 0.2) is 0 Å². The number of rotatable bonds is 4. The molecule has 0 spiro atoms. The van der Waals surface area contributed by atoms with Gasteiger partial charge >= 0.3 is 0 Å². The number of likely N-dealkylation sites (tertiary alicyclic amines) is 1. The van der Waals surface area contributed by atoms with Gasteiger partial charge in [0.05, 0.1) is 0 Å². The Kier molecular flexibility index (Phi) is 6.61. The third kappa shape index (κ3) is 4.54. The summed E-state index contributed by atoms with van der Waals surface area (Å²) in [6.45, 7) is 2.84. The number of benzene rings is 1. The van der Waals surface area contributed by atoms with Crippen LogP contribution in [0.15, 0.2) is 18.2 Å². The first-order valence-corrected chi connectivity index (χ1v) is 8.73. The third-order valence-electron chi connectivity index (χ3n) is 4.84. The molecule has 1 heterocycles. The van der Waals surface area contributed by atoms with E-state index in [0.29, 0.717) is 27.8 Å². The second-order valence-corrected chi connectivity index (χ2v) is 7.35. The van der Waals surface area contributed by atoms with Gasteiger partial charge in [-0.15, -0.1) is 12.4 Å². The molecule has 1 aromatic carbocycles. The summed E-state index contributed by atoms with van der Waals surface area (Å²) in [5, 5.41) is 4.52. The maximum absolute atomic E-state index is 12.6. The normalized spacial score (nSPS) is 24.2. The molecule has 128 valence electrons. The SMILES string of the molecule is CNCC1CCN(C(=O)C2CC2c2cc(Cl)cc(Cl)c2)CC1.Cl. The lowest BCUT2D eigenvalue weighted by Crippen LogP contribution is -2.41. The number of carbonyl (C=O) groups excluding carboxylic acids is 1. The van der Waals surface area contributed by atoms with Gasteiger partial charge in [-0.1, -0.05) is 23.2 Å². The second kappa shape index (κ2) is 8.06. The van der Waals surface area contributed by atoms with Gasteiger partial charge in [-0.3, -0.25) is 4.79 Å². The van der Waals surface area contributed by atoms with E-state index in [9.17, 15) is 4.79 Å². The van der Waals surface area contributed by atoms with Crippen molar-refractivity contribution < 1.29 is 4.79 Å². The number of carbonyl (C=O) groups is 1. The number of piperidine rings is 1. The van der Waals surface area contributed by atoms with Crippen molar-refractivity contribution >= 4 is 41.5 Å². The molecule has 1 saturated heterocycles. The summed E-state index contributed by atoms with van der Waals surface area (Å²) < 4.78 is 0. The highest BCUT2D eigenvalue weighted by atomic mass is 35.5. The molecule has 1 aromatic rings. The minimum atomic E-state index is 0. The smallest absolute Gasteiger partial charge is 0.226 e. The molecular formula is C17H23Cl3N2O. The number of halogens is 3. The first kappa shape index (κ1) is 18.9. The van der Waals surface area contributed by atoms with Crippen LogP contribution >= 0.6 is 35.6 Å². The maximum atomic E-state index is 12.6. The van der Waals surface area contributed by atoms with E-state index in [1.54, 1.807) is 6.07 Å². The minimum Gasteiger partial charge on any atom is -0.342 e. The van der Waals surface area contributed by atoms with Gasteiger partial charge in [-0.25, -0.2) is 0 Å². The van der Waals surface area contributed by atoms with Gasteiger partial charge in [0.2, 0.25) is 5.91 Å². The van der Waals surface area contributed by atoms with Crippen LogP contribution in [0, 0.1) is 11.8 Å². The van der Waals surface area contributed by atoms with Crippen LogP contribution in [0.2, 0.25) is 10.0 Å². The van der Waals surface area contributed by atoms with E-state index < -0.39 is 0 Å². The molecule has 2 fully saturated rings. The number of nitrogens with zero attached hydrogens (tertiary/aromatic N) is 1. The summed E-state index contributed by atoms with van der Waals surface area (Å²) in [5.74, 6) is 1.42. The molecule has 1 amide bonds. The van der Waals surface area contributed by atoms with Crippen LogP contribution < -0.4 is 5.32 Å². The molecule has 23 heavy (non-hydrogen) atoms. The quantitative estimate of drug-likeness (QED) is 0.861. The zero-order valence-corrected chi connectivity index (χ0v) is 15.6. The monoisotopic (exact) mass is 376 g/mol. The fraction of sp³-hybridized carbons (Fsp3) is 0.588. The highest BCUT2D eigenvalue weighted by Gasteiger charge is 2.46. The van der Waals surface area contributed by atoms with Crippen molar-refractivity contribution in [2.45, 2.75) is 25.2 Å². The van der Waals surface area contributed by atoms with Crippen molar-refractivity contribution in [1.82, 2.24) is 10.2 Å². The van der Waals surface area contributed by atoms with E-state index in [1.807, 2.05) is 24.1 Å². The summed E-state index contributed by atoms with van der Waals surface area (Å²) >= 11 is 12.1. The van der Waals surface area contributed by atoms with Gasteiger partial charge in [0.25, 0.3) is 0 Å². The lowest BCUT2D eigenvalue weighted by Gasteiger charge is -2.32. The van der Waals surface area contributed by atoms with E-state index in [4.69, 9.17) is 23.2 Å². The first-order chi connectivity index (χ1) is 10.6. The van der Waals surface area contributed by atoms with E-state index in [-0.39, 0.29) is 18.3 Å².